The van der Waals surface area contributed by atoms with Gasteiger partial charge in [0.2, 0.25) is 0 Å². The third kappa shape index (κ3) is 3.18. The van der Waals surface area contributed by atoms with Gasteiger partial charge in [0.05, 0.1) is 12.7 Å². The van der Waals surface area contributed by atoms with Crippen LogP contribution in [0.1, 0.15) is 16.1 Å². The number of carboxylic acid groups (broad SMARTS) is 1. The molecular formula is C19H12Cl2FN3O2. The number of carbonyl (C=O) groups is 1. The Labute approximate surface area is 163 Å². The molecule has 0 unspecified atom stereocenters. The van der Waals surface area contributed by atoms with E-state index in [1.54, 1.807) is 42.5 Å². The number of hydrogen-bond donors (Lipinski definition) is 2. The number of rotatable bonds is 4. The van der Waals surface area contributed by atoms with Crippen LogP contribution in [0, 0.1) is 5.82 Å². The molecule has 136 valence electrons. The number of hydrogen-bond acceptors (Lipinski definition) is 2. The van der Waals surface area contributed by atoms with Crippen LogP contribution in [0.25, 0.3) is 22.2 Å². The molecular weight excluding hydrogens is 392 g/mol. The summed E-state index contributed by atoms with van der Waals surface area (Å²) in [7, 11) is 0. The fraction of sp³-hybridized carbons (Fsp3) is 0.0526. The average molecular weight is 404 g/mol. The fourth-order valence-electron chi connectivity index (χ4n) is 3.07. The van der Waals surface area contributed by atoms with Crippen molar-refractivity contribution in [2.24, 2.45) is 0 Å². The molecule has 0 amide bonds. The number of aromatic nitrogens is 3. The van der Waals surface area contributed by atoms with Gasteiger partial charge < -0.3 is 10.1 Å². The Kier molecular flexibility index (Phi) is 4.37. The van der Waals surface area contributed by atoms with E-state index >= 15 is 0 Å². The lowest BCUT2D eigenvalue weighted by molar-refractivity contribution is 0.0692. The molecule has 2 N–H and O–H groups in total. The number of aromatic carboxylic acids is 1. The number of nitrogens with zero attached hydrogens (tertiary/aromatic N) is 2. The van der Waals surface area contributed by atoms with Crippen LogP contribution < -0.4 is 0 Å². The second-order valence-electron chi connectivity index (χ2n) is 6.00. The number of nitrogens with one attached hydrogen (secondary N) is 1. The monoisotopic (exact) mass is 403 g/mol. The standard InChI is InChI=1S/C19H12Cl2FN3O2/c20-11-3-1-10(2-4-11)9-25-18(14(22)8-23-25)16-13-6-5-12(21)7-15(13)24-17(16)19(26)27/h1-8,24H,9H2,(H,26,27). The molecule has 4 aromatic rings. The van der Waals surface area contributed by atoms with Crippen LogP contribution in [0.5, 0.6) is 0 Å². The summed E-state index contributed by atoms with van der Waals surface area (Å²) in [5.74, 6) is -1.81. The maximum Gasteiger partial charge on any atom is 0.353 e. The van der Waals surface area contributed by atoms with Crippen molar-refractivity contribution in [2.75, 3.05) is 0 Å². The minimum Gasteiger partial charge on any atom is -0.477 e. The first-order chi connectivity index (χ1) is 12.9. The summed E-state index contributed by atoms with van der Waals surface area (Å²) in [5, 5.41) is 15.3. The minimum absolute atomic E-state index is 0.0934. The number of benzene rings is 2. The maximum atomic E-state index is 14.7. The summed E-state index contributed by atoms with van der Waals surface area (Å²) in [5.41, 5.74) is 1.56. The quantitative estimate of drug-likeness (QED) is 0.490. The van der Waals surface area contributed by atoms with Crippen LogP contribution in [-0.2, 0) is 6.54 Å². The van der Waals surface area contributed by atoms with Crippen LogP contribution in [0.15, 0.2) is 48.7 Å². The SMILES string of the molecule is O=C(O)c1[nH]c2cc(Cl)ccc2c1-c1c(F)cnn1Cc1ccc(Cl)cc1. The molecule has 2 aromatic carbocycles. The lowest BCUT2D eigenvalue weighted by Gasteiger charge is -2.09. The predicted molar refractivity (Wildman–Crippen MR) is 102 cm³/mol. The van der Waals surface area contributed by atoms with E-state index in [1.807, 2.05) is 0 Å². The van der Waals surface area contributed by atoms with Gasteiger partial charge >= 0.3 is 5.97 Å². The normalized spacial score (nSPS) is 11.2. The van der Waals surface area contributed by atoms with Crippen molar-refractivity contribution in [2.45, 2.75) is 6.54 Å². The third-order valence-electron chi connectivity index (χ3n) is 4.25. The molecule has 2 heterocycles. The largest absolute Gasteiger partial charge is 0.477 e. The molecule has 0 aliphatic carbocycles. The van der Waals surface area contributed by atoms with Crippen molar-refractivity contribution in [3.8, 4) is 11.3 Å². The van der Waals surface area contributed by atoms with Crippen molar-refractivity contribution in [1.29, 1.82) is 0 Å². The zero-order valence-electron chi connectivity index (χ0n) is 13.7. The van der Waals surface area contributed by atoms with Crippen molar-refractivity contribution in [3.05, 3.63) is 75.8 Å². The number of fused-ring (bicyclic) bond motifs is 1. The van der Waals surface area contributed by atoms with Gasteiger partial charge in [0.25, 0.3) is 0 Å². The molecule has 0 aliphatic rings. The topological polar surface area (TPSA) is 70.9 Å². The molecule has 0 saturated heterocycles. The number of halogens is 3. The average Bonchev–Trinajstić information content (AvgIpc) is 3.16. The van der Waals surface area contributed by atoms with E-state index in [9.17, 15) is 14.3 Å². The Morgan fingerprint density at radius 1 is 1.15 bits per heavy atom. The molecule has 0 fully saturated rings. The van der Waals surface area contributed by atoms with E-state index in [0.717, 1.165) is 11.8 Å². The summed E-state index contributed by atoms with van der Waals surface area (Å²) in [6.07, 6.45) is 1.08. The minimum atomic E-state index is -1.20. The molecule has 0 radical (unpaired) electrons. The zero-order chi connectivity index (χ0) is 19.1. The van der Waals surface area contributed by atoms with Crippen molar-refractivity contribution >= 4 is 40.1 Å². The van der Waals surface area contributed by atoms with Gasteiger partial charge in [0, 0.05) is 26.5 Å². The van der Waals surface area contributed by atoms with Gasteiger partial charge in [-0.25, -0.2) is 9.18 Å². The van der Waals surface area contributed by atoms with Gasteiger partial charge in [-0.3, -0.25) is 4.68 Å². The predicted octanol–water partition coefficient (Wildman–Crippen LogP) is 5.22. The van der Waals surface area contributed by atoms with Gasteiger partial charge in [-0.05, 0) is 29.8 Å². The highest BCUT2D eigenvalue weighted by atomic mass is 35.5. The van der Waals surface area contributed by atoms with Gasteiger partial charge in [-0.2, -0.15) is 5.10 Å². The molecule has 2 aromatic heterocycles. The Hall–Kier alpha value is -2.83. The Balaban J connectivity index is 1.91. The number of carboxylic acids is 1. The number of H-pyrrole nitrogens is 1. The fourth-order valence-corrected chi connectivity index (χ4v) is 3.37. The first kappa shape index (κ1) is 17.6. The second kappa shape index (κ2) is 6.72. The molecule has 0 spiro atoms. The smallest absolute Gasteiger partial charge is 0.353 e. The van der Waals surface area contributed by atoms with Crippen molar-refractivity contribution in [3.63, 3.8) is 0 Å². The number of aromatic amines is 1. The molecule has 0 aliphatic heterocycles. The summed E-state index contributed by atoms with van der Waals surface area (Å²) >= 11 is 11.9. The van der Waals surface area contributed by atoms with E-state index in [0.29, 0.717) is 20.9 Å². The van der Waals surface area contributed by atoms with Gasteiger partial charge in [-0.1, -0.05) is 41.4 Å². The van der Waals surface area contributed by atoms with Crippen LogP contribution in [0.3, 0.4) is 0 Å². The van der Waals surface area contributed by atoms with Crippen LogP contribution in [-0.4, -0.2) is 25.8 Å². The summed E-state index contributed by atoms with van der Waals surface area (Å²) < 4.78 is 16.1. The zero-order valence-corrected chi connectivity index (χ0v) is 15.2. The van der Waals surface area contributed by atoms with E-state index in [-0.39, 0.29) is 23.5 Å². The Morgan fingerprint density at radius 2 is 1.85 bits per heavy atom. The highest BCUT2D eigenvalue weighted by molar-refractivity contribution is 6.31. The first-order valence-corrected chi connectivity index (χ1v) is 8.70. The van der Waals surface area contributed by atoms with Gasteiger partial charge in [-0.15, -0.1) is 0 Å². The lowest BCUT2D eigenvalue weighted by atomic mass is 10.1. The van der Waals surface area contributed by atoms with Crippen LogP contribution >= 0.6 is 23.2 Å². The van der Waals surface area contributed by atoms with E-state index in [4.69, 9.17) is 23.2 Å². The third-order valence-corrected chi connectivity index (χ3v) is 4.74. The molecule has 8 heteroatoms. The summed E-state index contributed by atoms with van der Waals surface area (Å²) in [6.45, 7) is 0.260. The van der Waals surface area contributed by atoms with Gasteiger partial charge in [0.1, 0.15) is 11.4 Å². The van der Waals surface area contributed by atoms with Gasteiger partial charge in [0.15, 0.2) is 5.82 Å². The maximum absolute atomic E-state index is 14.7. The van der Waals surface area contributed by atoms with E-state index < -0.39 is 11.8 Å². The highest BCUT2D eigenvalue weighted by Crippen LogP contribution is 2.35. The summed E-state index contributed by atoms with van der Waals surface area (Å²) in [4.78, 5) is 14.6. The van der Waals surface area contributed by atoms with Crippen molar-refractivity contribution in [1.82, 2.24) is 14.8 Å². The molecule has 0 bridgehead atoms. The van der Waals surface area contributed by atoms with Crippen LogP contribution in [0.2, 0.25) is 10.0 Å². The molecule has 0 saturated carbocycles. The molecule has 0 atom stereocenters. The highest BCUT2D eigenvalue weighted by Gasteiger charge is 2.25. The van der Waals surface area contributed by atoms with Crippen LogP contribution in [0.4, 0.5) is 4.39 Å². The van der Waals surface area contributed by atoms with E-state index in [1.165, 1.54) is 4.68 Å². The first-order valence-electron chi connectivity index (χ1n) is 7.94. The summed E-state index contributed by atoms with van der Waals surface area (Å²) in [6, 6.07) is 12.0. The Morgan fingerprint density at radius 3 is 2.56 bits per heavy atom. The Bertz CT molecular complexity index is 1170. The second-order valence-corrected chi connectivity index (χ2v) is 6.87. The molecule has 27 heavy (non-hydrogen) atoms. The molecule has 4 rings (SSSR count). The van der Waals surface area contributed by atoms with Crippen molar-refractivity contribution < 1.29 is 14.3 Å². The lowest BCUT2D eigenvalue weighted by Crippen LogP contribution is -2.07. The van der Waals surface area contributed by atoms with E-state index in [2.05, 4.69) is 10.1 Å². The molecule has 5 nitrogen and oxygen atoms in total.